The third-order valence-corrected chi connectivity index (χ3v) is 7.09. The Labute approximate surface area is 206 Å². The van der Waals surface area contributed by atoms with Crippen molar-refractivity contribution in [3.8, 4) is 22.4 Å². The van der Waals surface area contributed by atoms with Gasteiger partial charge in [0.1, 0.15) is 5.82 Å². The van der Waals surface area contributed by atoms with Gasteiger partial charge in [0, 0.05) is 67.1 Å². The van der Waals surface area contributed by atoms with E-state index in [0.717, 1.165) is 65.5 Å². The minimum absolute atomic E-state index is 0.231. The molecule has 5 heteroatoms. The zero-order valence-electron chi connectivity index (χ0n) is 20.3. The maximum absolute atomic E-state index is 13.7. The fraction of sp³-hybridized carbons (Fsp3) is 0.200. The lowest BCUT2D eigenvalue weighted by atomic mass is 9.96. The van der Waals surface area contributed by atoms with E-state index in [2.05, 4.69) is 71.3 Å². The molecular formula is C30H31FN4. The first-order valence-corrected chi connectivity index (χ1v) is 12.0. The molecule has 5 rings (SSSR count). The van der Waals surface area contributed by atoms with Crippen LogP contribution in [0.15, 0.2) is 79.4 Å². The van der Waals surface area contributed by atoms with Crippen LogP contribution in [0.1, 0.15) is 11.3 Å². The van der Waals surface area contributed by atoms with Crippen molar-refractivity contribution in [2.24, 2.45) is 7.05 Å². The molecule has 4 nitrogen and oxygen atoms in total. The Morgan fingerprint density at radius 2 is 1.46 bits per heavy atom. The van der Waals surface area contributed by atoms with E-state index in [1.54, 1.807) is 0 Å². The number of nitrogens with two attached hydrogens (primary N) is 1. The first-order chi connectivity index (χ1) is 17.0. The average Bonchev–Trinajstić information content (AvgIpc) is 3.15. The summed E-state index contributed by atoms with van der Waals surface area (Å²) in [6, 6.07) is 23.6. The van der Waals surface area contributed by atoms with E-state index in [1.807, 2.05) is 30.3 Å². The zero-order chi connectivity index (χ0) is 24.5. The van der Waals surface area contributed by atoms with Crippen LogP contribution in [0, 0.1) is 12.7 Å². The number of hydrogen-bond donors (Lipinski definition) is 1. The van der Waals surface area contributed by atoms with Gasteiger partial charge in [0.2, 0.25) is 0 Å². The summed E-state index contributed by atoms with van der Waals surface area (Å²) in [7, 11) is 2.06. The molecule has 0 amide bonds. The quantitative estimate of drug-likeness (QED) is 0.348. The maximum atomic E-state index is 13.7. The molecule has 35 heavy (non-hydrogen) atoms. The van der Waals surface area contributed by atoms with E-state index in [9.17, 15) is 4.39 Å². The second-order valence-electron chi connectivity index (χ2n) is 9.11. The molecule has 178 valence electrons. The van der Waals surface area contributed by atoms with Crippen molar-refractivity contribution in [3.05, 3.63) is 96.4 Å². The fourth-order valence-electron chi connectivity index (χ4n) is 5.08. The second kappa shape index (κ2) is 9.34. The molecule has 1 aliphatic heterocycles. The first kappa shape index (κ1) is 22.8. The zero-order valence-corrected chi connectivity index (χ0v) is 20.3. The number of anilines is 3. The predicted octanol–water partition coefficient (Wildman–Crippen LogP) is 6.36. The number of hydrogen-bond acceptors (Lipinski definition) is 3. The lowest BCUT2D eigenvalue weighted by molar-refractivity contribution is 0.628. The van der Waals surface area contributed by atoms with Gasteiger partial charge < -0.3 is 20.1 Å². The lowest BCUT2D eigenvalue weighted by Gasteiger charge is -2.37. The number of aromatic nitrogens is 1. The summed E-state index contributed by atoms with van der Waals surface area (Å²) in [6.45, 7) is 10.0. The van der Waals surface area contributed by atoms with E-state index in [4.69, 9.17) is 5.73 Å². The third kappa shape index (κ3) is 4.30. The highest BCUT2D eigenvalue weighted by Crippen LogP contribution is 2.40. The normalized spacial score (nSPS) is 13.8. The molecule has 0 unspecified atom stereocenters. The number of nitrogen functional groups attached to an aromatic ring is 1. The van der Waals surface area contributed by atoms with Gasteiger partial charge in [0.05, 0.1) is 5.69 Å². The molecule has 1 saturated heterocycles. The summed E-state index contributed by atoms with van der Waals surface area (Å²) in [6.07, 6.45) is 1.93. The monoisotopic (exact) mass is 466 g/mol. The van der Waals surface area contributed by atoms with Crippen LogP contribution >= 0.6 is 0 Å². The highest BCUT2D eigenvalue weighted by atomic mass is 19.1. The maximum Gasteiger partial charge on any atom is 0.123 e. The summed E-state index contributed by atoms with van der Waals surface area (Å²) in [4.78, 5) is 4.85. The Bertz CT molecular complexity index is 1340. The average molecular weight is 467 g/mol. The molecule has 2 N–H and O–H groups in total. The van der Waals surface area contributed by atoms with Crippen LogP contribution < -0.4 is 15.5 Å². The van der Waals surface area contributed by atoms with Crippen LogP contribution in [0.4, 0.5) is 21.5 Å². The number of benzene rings is 3. The van der Waals surface area contributed by atoms with Crippen molar-refractivity contribution in [2.75, 3.05) is 41.7 Å². The van der Waals surface area contributed by atoms with Crippen LogP contribution in [-0.2, 0) is 7.05 Å². The van der Waals surface area contributed by atoms with E-state index in [-0.39, 0.29) is 5.82 Å². The van der Waals surface area contributed by atoms with Gasteiger partial charge in [0.15, 0.2) is 0 Å². The molecule has 0 atom stereocenters. The molecule has 3 aromatic carbocycles. The number of nitrogens with zero attached hydrogens (tertiary/aromatic N) is 3. The third-order valence-electron chi connectivity index (χ3n) is 7.09. The van der Waals surface area contributed by atoms with Crippen LogP contribution in [0.2, 0.25) is 0 Å². The van der Waals surface area contributed by atoms with Crippen molar-refractivity contribution >= 4 is 23.1 Å². The van der Waals surface area contributed by atoms with E-state index in [0.29, 0.717) is 0 Å². The molecule has 0 aliphatic carbocycles. The number of halogens is 1. The van der Waals surface area contributed by atoms with Crippen LogP contribution in [0.3, 0.4) is 0 Å². The highest BCUT2D eigenvalue weighted by Gasteiger charge is 2.22. The number of piperazine rings is 1. The lowest BCUT2D eigenvalue weighted by Crippen LogP contribution is -2.46. The van der Waals surface area contributed by atoms with Crippen molar-refractivity contribution in [3.63, 3.8) is 0 Å². The summed E-state index contributed by atoms with van der Waals surface area (Å²) in [5.74, 6) is -0.231. The van der Waals surface area contributed by atoms with Gasteiger partial charge in [-0.15, -0.1) is 0 Å². The molecule has 0 radical (unpaired) electrons. The second-order valence-corrected chi connectivity index (χ2v) is 9.11. The van der Waals surface area contributed by atoms with Gasteiger partial charge in [-0.05, 0) is 78.7 Å². The summed E-state index contributed by atoms with van der Waals surface area (Å²) in [5.41, 5.74) is 15.6. The van der Waals surface area contributed by atoms with Crippen molar-refractivity contribution < 1.29 is 4.39 Å². The smallest absolute Gasteiger partial charge is 0.123 e. The molecule has 1 aromatic heterocycles. The van der Waals surface area contributed by atoms with Gasteiger partial charge in [-0.1, -0.05) is 24.8 Å². The molecule has 0 saturated carbocycles. The minimum atomic E-state index is -0.231. The molecule has 4 aromatic rings. The van der Waals surface area contributed by atoms with Crippen LogP contribution in [0.25, 0.3) is 28.5 Å². The first-order valence-electron chi connectivity index (χ1n) is 12.0. The Morgan fingerprint density at radius 3 is 2.09 bits per heavy atom. The van der Waals surface area contributed by atoms with Gasteiger partial charge in [0.25, 0.3) is 0 Å². The molecule has 2 heterocycles. The van der Waals surface area contributed by atoms with E-state index < -0.39 is 0 Å². The van der Waals surface area contributed by atoms with Crippen LogP contribution in [0.5, 0.6) is 0 Å². The molecule has 1 aliphatic rings. The Hall–Kier alpha value is -3.99. The van der Waals surface area contributed by atoms with Gasteiger partial charge >= 0.3 is 0 Å². The summed E-state index contributed by atoms with van der Waals surface area (Å²) in [5, 5.41) is 0. The van der Waals surface area contributed by atoms with E-state index in [1.165, 1.54) is 23.5 Å². The summed E-state index contributed by atoms with van der Waals surface area (Å²) >= 11 is 0. The van der Waals surface area contributed by atoms with Gasteiger partial charge in [-0.3, -0.25) is 0 Å². The standard InChI is InChI=1S/C30H31FN4/c1-4-28-21(2)33(3)30(22-8-10-24(31)11-9-22)29(28)23-6-5-7-27(20-23)35-18-16-34(17-19-35)26-14-12-25(32)13-15-26/h4-15,20H,1,16-19,32H2,2-3H3. The van der Waals surface area contributed by atoms with Gasteiger partial charge in [-0.2, -0.15) is 0 Å². The SMILES string of the molecule is C=Cc1c(-c2cccc(N3CCN(c4ccc(N)cc4)CC3)c2)c(-c2ccc(F)cc2)n(C)c1C. The van der Waals surface area contributed by atoms with Crippen molar-refractivity contribution in [1.29, 1.82) is 0 Å². The minimum Gasteiger partial charge on any atom is -0.399 e. The Morgan fingerprint density at radius 1 is 0.829 bits per heavy atom. The van der Waals surface area contributed by atoms with Crippen molar-refractivity contribution in [2.45, 2.75) is 6.92 Å². The topological polar surface area (TPSA) is 37.4 Å². The fourth-order valence-corrected chi connectivity index (χ4v) is 5.08. The molecular weight excluding hydrogens is 435 g/mol. The van der Waals surface area contributed by atoms with Gasteiger partial charge in [-0.25, -0.2) is 4.39 Å². The highest BCUT2D eigenvalue weighted by molar-refractivity contribution is 5.90. The number of rotatable bonds is 5. The summed E-state index contributed by atoms with van der Waals surface area (Å²) < 4.78 is 15.8. The Balaban J connectivity index is 1.47. The molecule has 1 fully saturated rings. The Kier molecular flexibility index (Phi) is 6.08. The predicted molar refractivity (Wildman–Crippen MR) is 146 cm³/mol. The molecule has 0 spiro atoms. The van der Waals surface area contributed by atoms with Crippen LogP contribution in [-0.4, -0.2) is 30.7 Å². The largest absolute Gasteiger partial charge is 0.399 e. The van der Waals surface area contributed by atoms with Crippen molar-refractivity contribution in [1.82, 2.24) is 4.57 Å². The van der Waals surface area contributed by atoms with E-state index >= 15 is 0 Å². The molecule has 0 bridgehead atoms.